The second-order valence-electron chi connectivity index (χ2n) is 4.00. The Balaban J connectivity index is 4.28. The summed E-state index contributed by atoms with van der Waals surface area (Å²) in [6, 6.07) is 0. The molecule has 3 nitrogen and oxygen atoms in total. The van der Waals surface area contributed by atoms with Crippen LogP contribution in [0.3, 0.4) is 0 Å². The number of hydrogen-bond donors (Lipinski definition) is 0. The molecule has 0 N–H and O–H groups in total. The summed E-state index contributed by atoms with van der Waals surface area (Å²) in [6.45, 7) is 4.40. The molecule has 0 spiro atoms. The van der Waals surface area contributed by atoms with Gasteiger partial charge < -0.3 is 4.74 Å². The smallest absolute Gasteiger partial charge is 0.111 e. The molecule has 2 atom stereocenters. The molecule has 0 aliphatic heterocycles. The second-order valence-corrected chi connectivity index (χ2v) is 4.00. The lowest BCUT2D eigenvalue weighted by atomic mass is 10.2. The molecule has 0 bridgehead atoms. The van der Waals surface area contributed by atoms with Crippen LogP contribution in [0.4, 0.5) is 0 Å². The Morgan fingerprint density at radius 2 is 1.71 bits per heavy atom. The van der Waals surface area contributed by atoms with Gasteiger partial charge in [-0.25, -0.2) is 0 Å². The molecule has 0 fully saturated rings. The van der Waals surface area contributed by atoms with Crippen LogP contribution in [0.2, 0.25) is 0 Å². The van der Waals surface area contributed by atoms with Gasteiger partial charge in [0.15, 0.2) is 0 Å². The summed E-state index contributed by atoms with van der Waals surface area (Å²) >= 11 is 0. The second kappa shape index (κ2) is 7.21. The SMILES string of the molecule is CCCC(OC)N(C)C(CC)N(C)C. The van der Waals surface area contributed by atoms with Gasteiger partial charge in [-0.2, -0.15) is 0 Å². The molecule has 0 heterocycles. The van der Waals surface area contributed by atoms with Crippen LogP contribution in [0.5, 0.6) is 0 Å². The molecule has 0 saturated carbocycles. The van der Waals surface area contributed by atoms with Gasteiger partial charge in [0.1, 0.15) is 6.23 Å². The van der Waals surface area contributed by atoms with Gasteiger partial charge in [0.25, 0.3) is 0 Å². The van der Waals surface area contributed by atoms with E-state index in [1.54, 1.807) is 7.11 Å². The predicted octanol–water partition coefficient (Wildman–Crippen LogP) is 1.99. The predicted molar refractivity (Wildman–Crippen MR) is 61.2 cm³/mol. The third-order valence-electron chi connectivity index (χ3n) is 2.69. The summed E-state index contributed by atoms with van der Waals surface area (Å²) in [5, 5.41) is 0. The average Bonchev–Trinajstić information content (AvgIpc) is 2.14. The molecule has 86 valence electrons. The number of nitrogens with zero attached hydrogens (tertiary/aromatic N) is 2. The number of hydrogen-bond acceptors (Lipinski definition) is 3. The first-order valence-corrected chi connectivity index (χ1v) is 5.49. The zero-order valence-corrected chi connectivity index (χ0v) is 10.6. The Hall–Kier alpha value is -0.120. The molecule has 3 heteroatoms. The molecule has 0 aliphatic carbocycles. The van der Waals surface area contributed by atoms with Crippen molar-refractivity contribution in [2.45, 2.75) is 45.5 Å². The summed E-state index contributed by atoms with van der Waals surface area (Å²) in [4.78, 5) is 4.55. The molecule has 0 amide bonds. The first-order valence-electron chi connectivity index (χ1n) is 5.49. The lowest BCUT2D eigenvalue weighted by Gasteiger charge is -2.37. The van der Waals surface area contributed by atoms with Crippen molar-refractivity contribution in [3.05, 3.63) is 0 Å². The van der Waals surface area contributed by atoms with Gasteiger partial charge in [-0.05, 0) is 34.0 Å². The third-order valence-corrected chi connectivity index (χ3v) is 2.69. The minimum Gasteiger partial charge on any atom is -0.366 e. The number of methoxy groups -OCH3 is 1. The molecule has 2 unspecified atom stereocenters. The van der Waals surface area contributed by atoms with Gasteiger partial charge in [-0.3, -0.25) is 9.80 Å². The molecular weight excluding hydrogens is 176 g/mol. The zero-order valence-electron chi connectivity index (χ0n) is 10.6. The highest BCUT2D eigenvalue weighted by Crippen LogP contribution is 2.13. The van der Waals surface area contributed by atoms with Crippen LogP contribution in [0.25, 0.3) is 0 Å². The van der Waals surface area contributed by atoms with E-state index in [0.717, 1.165) is 19.3 Å². The maximum Gasteiger partial charge on any atom is 0.111 e. The van der Waals surface area contributed by atoms with E-state index in [2.05, 4.69) is 44.8 Å². The molecule has 14 heavy (non-hydrogen) atoms. The average molecular weight is 202 g/mol. The van der Waals surface area contributed by atoms with E-state index in [1.807, 2.05) is 0 Å². The van der Waals surface area contributed by atoms with E-state index in [1.165, 1.54) is 0 Å². The quantitative estimate of drug-likeness (QED) is 0.587. The Labute approximate surface area is 89.0 Å². The van der Waals surface area contributed by atoms with Gasteiger partial charge in [-0.1, -0.05) is 20.3 Å². The van der Waals surface area contributed by atoms with Crippen LogP contribution < -0.4 is 0 Å². The maximum absolute atomic E-state index is 5.48. The highest BCUT2D eigenvalue weighted by molar-refractivity contribution is 4.67. The van der Waals surface area contributed by atoms with Crippen LogP contribution in [0.15, 0.2) is 0 Å². The molecule has 0 rings (SSSR count). The lowest BCUT2D eigenvalue weighted by molar-refractivity contribution is -0.0763. The monoisotopic (exact) mass is 202 g/mol. The van der Waals surface area contributed by atoms with Crippen LogP contribution in [0.1, 0.15) is 33.1 Å². The van der Waals surface area contributed by atoms with Gasteiger partial charge >= 0.3 is 0 Å². The van der Waals surface area contributed by atoms with Crippen LogP contribution in [-0.2, 0) is 4.74 Å². The van der Waals surface area contributed by atoms with Crippen molar-refractivity contribution in [3.63, 3.8) is 0 Å². The van der Waals surface area contributed by atoms with E-state index in [9.17, 15) is 0 Å². The van der Waals surface area contributed by atoms with Crippen molar-refractivity contribution in [2.75, 3.05) is 28.3 Å². The molecule has 0 aliphatic rings. The maximum atomic E-state index is 5.48. The van der Waals surface area contributed by atoms with Crippen molar-refractivity contribution < 1.29 is 4.74 Å². The highest BCUT2D eigenvalue weighted by atomic mass is 16.5. The van der Waals surface area contributed by atoms with Crippen LogP contribution in [0, 0.1) is 0 Å². The van der Waals surface area contributed by atoms with Gasteiger partial charge in [0.2, 0.25) is 0 Å². The Kier molecular flexibility index (Phi) is 7.15. The van der Waals surface area contributed by atoms with Crippen molar-refractivity contribution in [3.8, 4) is 0 Å². The first kappa shape index (κ1) is 13.9. The minimum absolute atomic E-state index is 0.243. The summed E-state index contributed by atoms with van der Waals surface area (Å²) in [5.41, 5.74) is 0. The van der Waals surface area contributed by atoms with Crippen molar-refractivity contribution in [1.82, 2.24) is 9.80 Å². The van der Waals surface area contributed by atoms with E-state index in [-0.39, 0.29) is 6.23 Å². The molecule has 0 aromatic heterocycles. The van der Waals surface area contributed by atoms with Crippen molar-refractivity contribution in [1.29, 1.82) is 0 Å². The van der Waals surface area contributed by atoms with Gasteiger partial charge in [0, 0.05) is 7.11 Å². The summed E-state index contributed by atoms with van der Waals surface area (Å²) in [7, 11) is 8.16. The molecule has 0 radical (unpaired) electrons. The molecular formula is C11H26N2O. The van der Waals surface area contributed by atoms with E-state index < -0.39 is 0 Å². The van der Waals surface area contributed by atoms with Crippen LogP contribution >= 0.6 is 0 Å². The molecule has 0 aromatic carbocycles. The Bertz CT molecular complexity index is 139. The van der Waals surface area contributed by atoms with Crippen molar-refractivity contribution in [2.24, 2.45) is 0 Å². The zero-order chi connectivity index (χ0) is 11.1. The first-order chi connectivity index (χ1) is 6.58. The van der Waals surface area contributed by atoms with E-state index in [0.29, 0.717) is 6.17 Å². The van der Waals surface area contributed by atoms with Gasteiger partial charge in [-0.15, -0.1) is 0 Å². The largest absolute Gasteiger partial charge is 0.366 e. The number of ether oxygens (including phenoxy) is 1. The molecule has 0 saturated heterocycles. The Morgan fingerprint density at radius 1 is 1.14 bits per heavy atom. The summed E-state index contributed by atoms with van der Waals surface area (Å²) in [6.07, 6.45) is 4.08. The summed E-state index contributed by atoms with van der Waals surface area (Å²) in [5.74, 6) is 0. The van der Waals surface area contributed by atoms with Crippen LogP contribution in [-0.4, -0.2) is 50.4 Å². The fourth-order valence-corrected chi connectivity index (χ4v) is 1.94. The standard InChI is InChI=1S/C11H26N2O/c1-7-9-11(14-6)13(5)10(8-2)12(3)4/h10-11H,7-9H2,1-6H3. The Morgan fingerprint density at radius 3 is 2.00 bits per heavy atom. The molecule has 0 aromatic rings. The van der Waals surface area contributed by atoms with Gasteiger partial charge in [0.05, 0.1) is 6.17 Å². The summed E-state index contributed by atoms with van der Waals surface area (Å²) < 4.78 is 5.48. The van der Waals surface area contributed by atoms with Crippen molar-refractivity contribution >= 4 is 0 Å². The third kappa shape index (κ3) is 3.95. The number of rotatable bonds is 7. The topological polar surface area (TPSA) is 15.7 Å². The minimum atomic E-state index is 0.243. The normalized spacial score (nSPS) is 16.3. The fourth-order valence-electron chi connectivity index (χ4n) is 1.94. The highest BCUT2D eigenvalue weighted by Gasteiger charge is 2.21. The lowest BCUT2D eigenvalue weighted by Crippen LogP contribution is -2.48. The van der Waals surface area contributed by atoms with E-state index in [4.69, 9.17) is 4.74 Å². The van der Waals surface area contributed by atoms with E-state index >= 15 is 0 Å². The fraction of sp³-hybridized carbons (Fsp3) is 1.00.